The first-order chi connectivity index (χ1) is 8.89. The first-order valence-corrected chi connectivity index (χ1v) is 6.22. The van der Waals surface area contributed by atoms with Gasteiger partial charge in [-0.3, -0.25) is 4.79 Å². The molecule has 1 amide bonds. The third-order valence-corrected chi connectivity index (χ3v) is 2.98. The molecule has 5 nitrogen and oxygen atoms in total. The maximum atomic E-state index is 12.1. The highest BCUT2D eigenvalue weighted by Gasteiger charge is 2.20. The second-order valence-electron chi connectivity index (χ2n) is 5.28. The summed E-state index contributed by atoms with van der Waals surface area (Å²) in [6, 6.07) is 4.95. The quantitative estimate of drug-likeness (QED) is 0.680. The lowest BCUT2D eigenvalue weighted by Gasteiger charge is -2.24. The number of carbonyl (C=O) groups is 1. The maximum Gasteiger partial charge on any atom is 0.255 e. The molecule has 0 aliphatic carbocycles. The van der Waals surface area contributed by atoms with E-state index in [1.165, 1.54) is 7.11 Å². The number of methoxy groups -OCH3 is 1. The fourth-order valence-corrected chi connectivity index (χ4v) is 1.71. The smallest absolute Gasteiger partial charge is 0.255 e. The summed E-state index contributed by atoms with van der Waals surface area (Å²) in [5, 5.41) is 11.8. The summed E-state index contributed by atoms with van der Waals surface area (Å²) >= 11 is 0. The van der Waals surface area contributed by atoms with Crippen molar-refractivity contribution in [3.63, 3.8) is 0 Å². The monoisotopic (exact) mass is 266 g/mol. The van der Waals surface area contributed by atoms with Gasteiger partial charge in [-0.2, -0.15) is 0 Å². The zero-order valence-corrected chi connectivity index (χ0v) is 11.7. The third kappa shape index (κ3) is 4.44. The van der Waals surface area contributed by atoms with Crippen LogP contribution in [0.5, 0.6) is 5.75 Å². The lowest BCUT2D eigenvalue weighted by Crippen LogP contribution is -2.34. The minimum Gasteiger partial charge on any atom is -0.496 e. The number of aliphatic hydroxyl groups is 1. The molecule has 1 aromatic carbocycles. The van der Waals surface area contributed by atoms with Gasteiger partial charge in [0.15, 0.2) is 0 Å². The molecule has 0 saturated carbocycles. The molecule has 0 aromatic heterocycles. The highest BCUT2D eigenvalue weighted by molar-refractivity contribution is 5.97. The molecule has 5 heteroatoms. The van der Waals surface area contributed by atoms with Gasteiger partial charge in [-0.25, -0.2) is 0 Å². The normalized spacial score (nSPS) is 11.2. The Hall–Kier alpha value is -1.75. The van der Waals surface area contributed by atoms with Gasteiger partial charge < -0.3 is 20.9 Å². The Morgan fingerprint density at radius 1 is 1.47 bits per heavy atom. The summed E-state index contributed by atoms with van der Waals surface area (Å²) in [4.78, 5) is 12.1. The molecule has 0 unspecified atom stereocenters. The third-order valence-electron chi connectivity index (χ3n) is 2.98. The number of amides is 1. The fraction of sp³-hybridized carbons (Fsp3) is 0.500. The molecule has 19 heavy (non-hydrogen) atoms. The van der Waals surface area contributed by atoms with E-state index in [-0.39, 0.29) is 17.9 Å². The van der Waals surface area contributed by atoms with Crippen LogP contribution in [0.1, 0.15) is 30.6 Å². The highest BCUT2D eigenvalue weighted by Crippen LogP contribution is 2.22. The van der Waals surface area contributed by atoms with Crippen molar-refractivity contribution in [3.8, 4) is 5.75 Å². The molecule has 0 fully saturated rings. The molecule has 0 saturated heterocycles. The van der Waals surface area contributed by atoms with Gasteiger partial charge in [0.05, 0.1) is 12.7 Å². The van der Waals surface area contributed by atoms with E-state index in [4.69, 9.17) is 15.6 Å². The molecular formula is C14H22N2O3. The average molecular weight is 266 g/mol. The lowest BCUT2D eigenvalue weighted by molar-refractivity contribution is 0.0925. The molecule has 1 aromatic rings. The molecule has 1 rings (SSSR count). The summed E-state index contributed by atoms with van der Waals surface area (Å²) in [5.74, 6) is 0.266. The molecule has 106 valence electrons. The Kier molecular flexibility index (Phi) is 5.18. The van der Waals surface area contributed by atoms with Gasteiger partial charge in [0.1, 0.15) is 5.75 Å². The van der Waals surface area contributed by atoms with Crippen LogP contribution in [0.25, 0.3) is 0 Å². The minimum atomic E-state index is -0.227. The van der Waals surface area contributed by atoms with Gasteiger partial charge in [-0.05, 0) is 30.0 Å². The van der Waals surface area contributed by atoms with Crippen molar-refractivity contribution >= 4 is 11.6 Å². The molecule has 0 aliphatic rings. The molecule has 0 aliphatic heterocycles. The molecular weight excluding hydrogens is 244 g/mol. The number of nitrogens with two attached hydrogens (primary N) is 1. The summed E-state index contributed by atoms with van der Waals surface area (Å²) in [6.07, 6.45) is 0.626. The number of ether oxygens (including phenoxy) is 1. The zero-order chi connectivity index (χ0) is 14.5. The first-order valence-electron chi connectivity index (χ1n) is 6.22. The zero-order valence-electron chi connectivity index (χ0n) is 11.7. The van der Waals surface area contributed by atoms with Gasteiger partial charge in [0.2, 0.25) is 0 Å². The number of anilines is 1. The van der Waals surface area contributed by atoms with E-state index < -0.39 is 0 Å². The Bertz CT molecular complexity index is 444. The first kappa shape index (κ1) is 15.3. The second kappa shape index (κ2) is 6.43. The topological polar surface area (TPSA) is 84.6 Å². The number of nitrogen functional groups attached to an aromatic ring is 1. The summed E-state index contributed by atoms with van der Waals surface area (Å²) in [6.45, 7) is 4.55. The molecule has 0 bridgehead atoms. The van der Waals surface area contributed by atoms with Gasteiger partial charge in [0.25, 0.3) is 5.91 Å². The van der Waals surface area contributed by atoms with E-state index in [0.717, 1.165) is 0 Å². The van der Waals surface area contributed by atoms with Crippen molar-refractivity contribution in [1.29, 1.82) is 0 Å². The van der Waals surface area contributed by atoms with Gasteiger partial charge in [0, 0.05) is 18.8 Å². The van der Waals surface area contributed by atoms with Crippen LogP contribution in [0.2, 0.25) is 0 Å². The number of benzene rings is 1. The average Bonchev–Trinajstić information content (AvgIpc) is 2.36. The van der Waals surface area contributed by atoms with E-state index in [0.29, 0.717) is 30.0 Å². The SMILES string of the molecule is COc1ccc(N)cc1C(=O)NCC(C)(C)CCO. The standard InChI is InChI=1S/C14H22N2O3/c1-14(2,6-7-17)9-16-13(18)11-8-10(15)4-5-12(11)19-3/h4-5,8,17H,6-7,9,15H2,1-3H3,(H,16,18). The van der Waals surface area contributed by atoms with E-state index >= 15 is 0 Å². The predicted molar refractivity (Wildman–Crippen MR) is 75.2 cm³/mol. The molecule has 0 spiro atoms. The van der Waals surface area contributed by atoms with Crippen molar-refractivity contribution in [1.82, 2.24) is 5.32 Å². The van der Waals surface area contributed by atoms with E-state index in [1.807, 2.05) is 13.8 Å². The van der Waals surface area contributed by atoms with Crippen LogP contribution in [-0.2, 0) is 0 Å². The summed E-state index contributed by atoms with van der Waals surface area (Å²) < 4.78 is 5.14. The van der Waals surface area contributed by atoms with Gasteiger partial charge >= 0.3 is 0 Å². The van der Waals surface area contributed by atoms with Crippen molar-refractivity contribution < 1.29 is 14.6 Å². The van der Waals surface area contributed by atoms with Crippen molar-refractivity contribution in [2.24, 2.45) is 5.41 Å². The molecule has 0 atom stereocenters. The number of rotatable bonds is 6. The minimum absolute atomic E-state index is 0.102. The van der Waals surface area contributed by atoms with Crippen LogP contribution in [-0.4, -0.2) is 31.3 Å². The van der Waals surface area contributed by atoms with Crippen molar-refractivity contribution in [2.45, 2.75) is 20.3 Å². The van der Waals surface area contributed by atoms with Crippen molar-refractivity contribution in [3.05, 3.63) is 23.8 Å². The Labute approximate surface area is 113 Å². The second-order valence-corrected chi connectivity index (χ2v) is 5.28. The van der Waals surface area contributed by atoms with Crippen LogP contribution >= 0.6 is 0 Å². The van der Waals surface area contributed by atoms with Crippen LogP contribution in [0.4, 0.5) is 5.69 Å². The maximum absolute atomic E-state index is 12.1. The highest BCUT2D eigenvalue weighted by atomic mass is 16.5. The van der Waals surface area contributed by atoms with Crippen molar-refractivity contribution in [2.75, 3.05) is 26.0 Å². The van der Waals surface area contributed by atoms with Crippen LogP contribution < -0.4 is 15.8 Å². The molecule has 0 heterocycles. The fourth-order valence-electron chi connectivity index (χ4n) is 1.71. The van der Waals surface area contributed by atoms with Crippen LogP contribution in [0, 0.1) is 5.41 Å². The Morgan fingerprint density at radius 2 is 2.16 bits per heavy atom. The molecule has 4 N–H and O–H groups in total. The number of hydrogen-bond donors (Lipinski definition) is 3. The Balaban J connectivity index is 2.76. The largest absolute Gasteiger partial charge is 0.496 e. The summed E-state index contributed by atoms with van der Waals surface area (Å²) in [5.41, 5.74) is 6.46. The van der Waals surface area contributed by atoms with Gasteiger partial charge in [-0.15, -0.1) is 0 Å². The molecule has 0 radical (unpaired) electrons. The summed E-state index contributed by atoms with van der Waals surface area (Å²) in [7, 11) is 1.51. The lowest BCUT2D eigenvalue weighted by atomic mass is 9.89. The van der Waals surface area contributed by atoms with E-state index in [2.05, 4.69) is 5.32 Å². The number of hydrogen-bond acceptors (Lipinski definition) is 4. The van der Waals surface area contributed by atoms with Gasteiger partial charge in [-0.1, -0.05) is 13.8 Å². The van der Waals surface area contributed by atoms with E-state index in [9.17, 15) is 4.79 Å². The Morgan fingerprint density at radius 3 is 2.74 bits per heavy atom. The number of aliphatic hydroxyl groups excluding tert-OH is 1. The van der Waals surface area contributed by atoms with E-state index in [1.54, 1.807) is 18.2 Å². The predicted octanol–water partition coefficient (Wildman–Crippen LogP) is 1.42. The number of carbonyl (C=O) groups excluding carboxylic acids is 1. The number of nitrogens with one attached hydrogen (secondary N) is 1. The van der Waals surface area contributed by atoms with Crippen LogP contribution in [0.15, 0.2) is 18.2 Å². The van der Waals surface area contributed by atoms with Crippen LogP contribution in [0.3, 0.4) is 0 Å².